The third-order valence-electron chi connectivity index (χ3n) is 4.11. The molecule has 0 saturated carbocycles. The van der Waals surface area contributed by atoms with Crippen LogP contribution in [0.4, 0.5) is 5.69 Å². The van der Waals surface area contributed by atoms with Gasteiger partial charge in [0.1, 0.15) is 30.5 Å². The zero-order valence-corrected chi connectivity index (χ0v) is 16.3. The van der Waals surface area contributed by atoms with Crippen LogP contribution >= 0.6 is 0 Å². The van der Waals surface area contributed by atoms with Crippen molar-refractivity contribution in [1.29, 1.82) is 0 Å². The molecule has 0 bridgehead atoms. The Morgan fingerprint density at radius 1 is 0.607 bits per heavy atom. The summed E-state index contributed by atoms with van der Waals surface area (Å²) in [5.74, 6) is 2.61. The molecule has 4 nitrogen and oxygen atoms in total. The minimum Gasteiger partial charge on any atom is -0.494 e. The van der Waals surface area contributed by atoms with E-state index in [0.29, 0.717) is 13.2 Å². The number of benzene rings is 3. The van der Waals surface area contributed by atoms with Gasteiger partial charge in [-0.25, -0.2) is 0 Å². The van der Waals surface area contributed by atoms with Crippen molar-refractivity contribution in [2.75, 3.05) is 25.1 Å². The van der Waals surface area contributed by atoms with Gasteiger partial charge in [0.15, 0.2) is 0 Å². The Bertz CT molecular complexity index is 802. The maximum Gasteiger partial charge on any atom is 0.122 e. The molecular formula is C24H27NO3. The molecule has 0 radical (unpaired) electrons. The van der Waals surface area contributed by atoms with Gasteiger partial charge in [0.2, 0.25) is 0 Å². The molecule has 0 aliphatic carbocycles. The van der Waals surface area contributed by atoms with Gasteiger partial charge < -0.3 is 19.5 Å². The summed E-state index contributed by atoms with van der Waals surface area (Å²) < 4.78 is 17.0. The molecule has 3 aromatic rings. The fourth-order valence-electron chi connectivity index (χ4n) is 2.63. The normalized spacial score (nSPS) is 10.3. The molecule has 0 aliphatic heterocycles. The van der Waals surface area contributed by atoms with Gasteiger partial charge in [-0.1, -0.05) is 37.3 Å². The summed E-state index contributed by atoms with van der Waals surface area (Å²) in [4.78, 5) is 0. The zero-order chi connectivity index (χ0) is 19.4. The highest BCUT2D eigenvalue weighted by molar-refractivity contribution is 5.47. The van der Waals surface area contributed by atoms with Crippen molar-refractivity contribution >= 4 is 5.69 Å². The first-order chi connectivity index (χ1) is 13.8. The van der Waals surface area contributed by atoms with Crippen LogP contribution in [0.15, 0.2) is 78.9 Å². The maximum absolute atomic E-state index is 5.73. The van der Waals surface area contributed by atoms with Crippen LogP contribution in [0.1, 0.15) is 18.9 Å². The summed E-state index contributed by atoms with van der Waals surface area (Å²) in [5.41, 5.74) is 2.27. The van der Waals surface area contributed by atoms with Crippen molar-refractivity contribution in [3.05, 3.63) is 84.4 Å². The Labute approximate surface area is 167 Å². The van der Waals surface area contributed by atoms with E-state index in [9.17, 15) is 0 Å². The molecule has 3 rings (SSSR count). The molecule has 0 spiro atoms. The van der Waals surface area contributed by atoms with Crippen molar-refractivity contribution in [2.24, 2.45) is 0 Å². The molecule has 28 heavy (non-hydrogen) atoms. The van der Waals surface area contributed by atoms with E-state index in [0.717, 1.165) is 42.5 Å². The number of para-hydroxylation sites is 1. The molecule has 0 atom stereocenters. The fourth-order valence-corrected chi connectivity index (χ4v) is 2.63. The van der Waals surface area contributed by atoms with Crippen molar-refractivity contribution in [3.63, 3.8) is 0 Å². The monoisotopic (exact) mass is 377 g/mol. The summed E-state index contributed by atoms with van der Waals surface area (Å²) in [6.07, 6.45) is 1.01. The average molecular weight is 377 g/mol. The molecule has 0 unspecified atom stereocenters. The number of hydrogen-bond donors (Lipinski definition) is 1. The van der Waals surface area contributed by atoms with Gasteiger partial charge in [-0.15, -0.1) is 0 Å². The second kappa shape index (κ2) is 10.9. The Kier molecular flexibility index (Phi) is 7.62. The number of ether oxygens (including phenoxy) is 3. The second-order valence-corrected chi connectivity index (χ2v) is 6.38. The minimum atomic E-state index is 0.513. The first kappa shape index (κ1) is 19.6. The average Bonchev–Trinajstić information content (AvgIpc) is 2.76. The van der Waals surface area contributed by atoms with Gasteiger partial charge in [-0.3, -0.25) is 0 Å². The zero-order valence-electron chi connectivity index (χ0n) is 16.3. The lowest BCUT2D eigenvalue weighted by Crippen LogP contribution is -2.09. The Morgan fingerprint density at radius 3 is 1.75 bits per heavy atom. The van der Waals surface area contributed by atoms with E-state index >= 15 is 0 Å². The minimum absolute atomic E-state index is 0.513. The number of hydrogen-bond acceptors (Lipinski definition) is 4. The molecule has 0 aromatic heterocycles. The summed E-state index contributed by atoms with van der Waals surface area (Å²) in [6, 6.07) is 25.9. The van der Waals surface area contributed by atoms with Crippen molar-refractivity contribution in [1.82, 2.24) is 0 Å². The Balaban J connectivity index is 1.38. The summed E-state index contributed by atoms with van der Waals surface area (Å²) in [6.45, 7) is 4.64. The summed E-state index contributed by atoms with van der Waals surface area (Å²) in [7, 11) is 0. The topological polar surface area (TPSA) is 39.7 Å². The molecular weight excluding hydrogens is 350 g/mol. The van der Waals surface area contributed by atoms with E-state index in [-0.39, 0.29) is 0 Å². The Hall–Kier alpha value is -3.14. The first-order valence-corrected chi connectivity index (χ1v) is 9.70. The molecule has 0 saturated heterocycles. The molecule has 4 heteroatoms. The molecule has 0 aliphatic rings. The van der Waals surface area contributed by atoms with Gasteiger partial charge in [0, 0.05) is 12.2 Å². The van der Waals surface area contributed by atoms with Gasteiger partial charge in [-0.2, -0.15) is 0 Å². The quantitative estimate of drug-likeness (QED) is 0.445. The smallest absolute Gasteiger partial charge is 0.122 e. The van der Waals surface area contributed by atoms with Crippen molar-refractivity contribution in [3.8, 4) is 17.2 Å². The van der Waals surface area contributed by atoms with Crippen LogP contribution in [-0.2, 0) is 6.54 Å². The van der Waals surface area contributed by atoms with Crippen LogP contribution in [0.25, 0.3) is 0 Å². The molecule has 3 aromatic carbocycles. The van der Waals surface area contributed by atoms with Gasteiger partial charge in [0.25, 0.3) is 0 Å². The highest BCUT2D eigenvalue weighted by atomic mass is 16.5. The standard InChI is InChI=1S/C24H27NO3/c1-2-16-26-24-14-10-21(11-15-24)25-19-20-8-12-23(13-9-20)28-18-17-27-22-6-4-3-5-7-22/h3-15,25H,2,16-19H2,1H3. The number of nitrogens with one attached hydrogen (secondary N) is 1. The van der Waals surface area contributed by atoms with Crippen molar-refractivity contribution < 1.29 is 14.2 Å². The fraction of sp³-hybridized carbons (Fsp3) is 0.250. The lowest BCUT2D eigenvalue weighted by molar-refractivity contribution is 0.217. The molecule has 1 N–H and O–H groups in total. The van der Waals surface area contributed by atoms with E-state index in [2.05, 4.69) is 24.4 Å². The third kappa shape index (κ3) is 6.54. The van der Waals surface area contributed by atoms with E-state index in [1.54, 1.807) is 0 Å². The number of rotatable bonds is 11. The van der Waals surface area contributed by atoms with E-state index in [4.69, 9.17) is 14.2 Å². The molecule has 0 heterocycles. The summed E-state index contributed by atoms with van der Waals surface area (Å²) >= 11 is 0. The molecule has 0 amide bonds. The van der Waals surface area contributed by atoms with Crippen molar-refractivity contribution in [2.45, 2.75) is 19.9 Å². The van der Waals surface area contributed by atoms with Crippen LogP contribution in [-0.4, -0.2) is 19.8 Å². The predicted molar refractivity (Wildman–Crippen MR) is 113 cm³/mol. The maximum atomic E-state index is 5.73. The lowest BCUT2D eigenvalue weighted by atomic mass is 10.2. The van der Waals surface area contributed by atoms with E-state index in [1.807, 2.05) is 66.7 Å². The summed E-state index contributed by atoms with van der Waals surface area (Å²) in [5, 5.41) is 3.42. The van der Waals surface area contributed by atoms with E-state index < -0.39 is 0 Å². The van der Waals surface area contributed by atoms with Crippen LogP contribution in [0.5, 0.6) is 17.2 Å². The first-order valence-electron chi connectivity index (χ1n) is 9.70. The van der Waals surface area contributed by atoms with Crippen LogP contribution in [0.3, 0.4) is 0 Å². The third-order valence-corrected chi connectivity index (χ3v) is 4.11. The highest BCUT2D eigenvalue weighted by Gasteiger charge is 1.99. The second-order valence-electron chi connectivity index (χ2n) is 6.38. The van der Waals surface area contributed by atoms with E-state index in [1.165, 1.54) is 5.56 Å². The molecule has 146 valence electrons. The predicted octanol–water partition coefficient (Wildman–Crippen LogP) is 5.55. The van der Waals surface area contributed by atoms with Crippen LogP contribution in [0.2, 0.25) is 0 Å². The SMILES string of the molecule is CCCOc1ccc(NCc2ccc(OCCOc3ccccc3)cc2)cc1. The molecule has 0 fully saturated rings. The largest absolute Gasteiger partial charge is 0.494 e. The van der Waals surface area contributed by atoms with Gasteiger partial charge in [0.05, 0.1) is 6.61 Å². The van der Waals surface area contributed by atoms with Gasteiger partial charge >= 0.3 is 0 Å². The van der Waals surface area contributed by atoms with Crippen LogP contribution in [0, 0.1) is 0 Å². The number of anilines is 1. The van der Waals surface area contributed by atoms with Crippen LogP contribution < -0.4 is 19.5 Å². The highest BCUT2D eigenvalue weighted by Crippen LogP contribution is 2.18. The van der Waals surface area contributed by atoms with Gasteiger partial charge in [-0.05, 0) is 60.5 Å². The Morgan fingerprint density at radius 2 is 1.14 bits per heavy atom. The lowest BCUT2D eigenvalue weighted by Gasteiger charge is -2.10.